The van der Waals surface area contributed by atoms with Gasteiger partial charge in [-0.2, -0.15) is 0 Å². The number of aromatic hydroxyl groups is 1. The molecule has 1 aromatic rings. The number of carboxylic acid groups (broad SMARTS) is 1. The highest BCUT2D eigenvalue weighted by atomic mass is 16.4. The third kappa shape index (κ3) is 4.59. The molecule has 0 saturated heterocycles. The van der Waals surface area contributed by atoms with Gasteiger partial charge in [-0.25, -0.2) is 4.79 Å². The van der Waals surface area contributed by atoms with Gasteiger partial charge >= 0.3 is 5.97 Å². The third-order valence-electron chi connectivity index (χ3n) is 2.82. The number of aliphatic carboxylic acids is 1. The minimum Gasteiger partial charge on any atom is -0.508 e. The summed E-state index contributed by atoms with van der Waals surface area (Å²) in [6.07, 6.45) is 3.40. The van der Waals surface area contributed by atoms with E-state index in [1.807, 2.05) is 6.92 Å². The van der Waals surface area contributed by atoms with E-state index < -0.39 is 12.1 Å². The summed E-state index contributed by atoms with van der Waals surface area (Å²) < 4.78 is 0. The number of aliphatic hydroxyl groups excluding tert-OH is 1. The molecule has 98 valence electrons. The number of hydrogen-bond donors (Lipinski definition) is 3. The Bertz CT molecular complexity index is 408. The van der Waals surface area contributed by atoms with Crippen molar-refractivity contribution in [3.05, 3.63) is 42.0 Å². The second-order valence-electron chi connectivity index (χ2n) is 4.33. The molecular weight excluding hydrogens is 232 g/mol. The van der Waals surface area contributed by atoms with Crippen LogP contribution in [0.5, 0.6) is 5.75 Å². The molecule has 1 rings (SSSR count). The Morgan fingerprint density at radius 2 is 1.94 bits per heavy atom. The van der Waals surface area contributed by atoms with Gasteiger partial charge < -0.3 is 15.3 Å². The van der Waals surface area contributed by atoms with Crippen molar-refractivity contribution < 1.29 is 20.1 Å². The molecule has 1 aromatic carbocycles. The first-order chi connectivity index (χ1) is 8.50. The Kier molecular flexibility index (Phi) is 5.39. The number of hydrogen-bond acceptors (Lipinski definition) is 3. The minimum atomic E-state index is -0.957. The molecule has 0 amide bonds. The summed E-state index contributed by atoms with van der Waals surface area (Å²) in [5.41, 5.74) is 0.752. The second kappa shape index (κ2) is 6.81. The number of phenols is 1. The highest BCUT2D eigenvalue weighted by Gasteiger charge is 2.15. The first kappa shape index (κ1) is 14.3. The quantitative estimate of drug-likeness (QED) is 0.678. The summed E-state index contributed by atoms with van der Waals surface area (Å²) in [4.78, 5) is 10.3. The molecule has 0 fully saturated rings. The number of aliphatic hydroxyl groups is 1. The molecule has 0 aromatic heterocycles. The van der Waals surface area contributed by atoms with Crippen molar-refractivity contribution in [3.8, 4) is 5.75 Å². The molecule has 0 radical (unpaired) electrons. The minimum absolute atomic E-state index is 0.0213. The highest BCUT2D eigenvalue weighted by Crippen LogP contribution is 2.26. The summed E-state index contributed by atoms with van der Waals surface area (Å²) in [6, 6.07) is 6.44. The van der Waals surface area contributed by atoms with Crippen molar-refractivity contribution in [2.24, 2.45) is 5.92 Å². The maximum Gasteiger partial charge on any atom is 0.327 e. The van der Waals surface area contributed by atoms with Crippen LogP contribution in [0.3, 0.4) is 0 Å². The van der Waals surface area contributed by atoms with Crippen molar-refractivity contribution >= 4 is 5.97 Å². The number of rotatable bonds is 6. The van der Waals surface area contributed by atoms with E-state index in [2.05, 4.69) is 0 Å². The van der Waals surface area contributed by atoms with Gasteiger partial charge in [-0.3, -0.25) is 0 Å². The lowest BCUT2D eigenvalue weighted by molar-refractivity contribution is -0.131. The maximum absolute atomic E-state index is 10.3. The third-order valence-corrected chi connectivity index (χ3v) is 2.82. The number of allylic oxidation sites excluding steroid dienone is 1. The van der Waals surface area contributed by atoms with Crippen LogP contribution in [0.25, 0.3) is 0 Å². The van der Waals surface area contributed by atoms with E-state index in [4.69, 9.17) is 10.2 Å². The highest BCUT2D eigenvalue weighted by molar-refractivity contribution is 5.79. The van der Waals surface area contributed by atoms with Crippen molar-refractivity contribution in [2.45, 2.75) is 25.9 Å². The molecule has 3 N–H and O–H groups in total. The summed E-state index contributed by atoms with van der Waals surface area (Å²) in [6.45, 7) is 1.91. The van der Waals surface area contributed by atoms with Crippen molar-refractivity contribution in [1.82, 2.24) is 0 Å². The smallest absolute Gasteiger partial charge is 0.327 e. The van der Waals surface area contributed by atoms with E-state index in [0.717, 1.165) is 11.6 Å². The average Bonchev–Trinajstić information content (AvgIpc) is 2.34. The topological polar surface area (TPSA) is 77.8 Å². The van der Waals surface area contributed by atoms with E-state index in [-0.39, 0.29) is 11.7 Å². The number of benzene rings is 1. The van der Waals surface area contributed by atoms with Gasteiger partial charge in [0.2, 0.25) is 0 Å². The van der Waals surface area contributed by atoms with Crippen LogP contribution in [-0.4, -0.2) is 21.3 Å². The van der Waals surface area contributed by atoms with Gasteiger partial charge in [-0.1, -0.05) is 25.1 Å². The molecule has 0 heterocycles. The molecule has 4 heteroatoms. The summed E-state index contributed by atoms with van der Waals surface area (Å²) >= 11 is 0. The first-order valence-corrected chi connectivity index (χ1v) is 5.87. The Morgan fingerprint density at radius 1 is 1.33 bits per heavy atom. The summed E-state index contributed by atoms with van der Waals surface area (Å²) in [7, 11) is 0. The van der Waals surface area contributed by atoms with Gasteiger partial charge in [-0.05, 0) is 36.5 Å². The van der Waals surface area contributed by atoms with E-state index in [9.17, 15) is 9.90 Å². The van der Waals surface area contributed by atoms with Crippen LogP contribution in [0.2, 0.25) is 0 Å². The fraction of sp³-hybridized carbons (Fsp3) is 0.357. The fourth-order valence-corrected chi connectivity index (χ4v) is 1.70. The SMILES string of the molecule is C[C@@H](CC/C=C/C(=O)O)[C@@H](O)c1ccc(O)cc1. The van der Waals surface area contributed by atoms with Gasteiger partial charge in [0, 0.05) is 6.08 Å². The molecule has 0 saturated carbocycles. The molecule has 0 bridgehead atoms. The van der Waals surface area contributed by atoms with Crippen molar-refractivity contribution in [3.63, 3.8) is 0 Å². The van der Waals surface area contributed by atoms with Gasteiger partial charge in [0.1, 0.15) is 5.75 Å². The van der Waals surface area contributed by atoms with Crippen LogP contribution in [-0.2, 0) is 4.79 Å². The maximum atomic E-state index is 10.3. The lowest BCUT2D eigenvalue weighted by atomic mass is 9.93. The van der Waals surface area contributed by atoms with Gasteiger partial charge in [0.15, 0.2) is 0 Å². The Morgan fingerprint density at radius 3 is 2.50 bits per heavy atom. The molecule has 4 nitrogen and oxygen atoms in total. The van der Waals surface area contributed by atoms with Crippen LogP contribution in [0.1, 0.15) is 31.4 Å². The Balaban J connectivity index is 2.48. The van der Waals surface area contributed by atoms with Crippen LogP contribution in [0, 0.1) is 5.92 Å². The van der Waals surface area contributed by atoms with Crippen molar-refractivity contribution in [1.29, 1.82) is 0 Å². The fourth-order valence-electron chi connectivity index (χ4n) is 1.70. The largest absolute Gasteiger partial charge is 0.508 e. The number of carbonyl (C=O) groups is 1. The van der Waals surface area contributed by atoms with Crippen molar-refractivity contribution in [2.75, 3.05) is 0 Å². The summed E-state index contributed by atoms with van der Waals surface area (Å²) in [5, 5.41) is 27.7. The normalized spacial score (nSPS) is 14.6. The summed E-state index contributed by atoms with van der Waals surface area (Å²) in [5.74, 6) is -0.766. The van der Waals surface area contributed by atoms with Gasteiger partial charge in [0.05, 0.1) is 6.10 Å². The Hall–Kier alpha value is -1.81. The Labute approximate surface area is 106 Å². The van der Waals surface area contributed by atoms with Gasteiger partial charge in [-0.15, -0.1) is 0 Å². The molecule has 2 atom stereocenters. The van der Waals surface area contributed by atoms with E-state index >= 15 is 0 Å². The lowest BCUT2D eigenvalue weighted by Crippen LogP contribution is -2.08. The van der Waals surface area contributed by atoms with E-state index in [0.29, 0.717) is 12.8 Å². The molecule has 0 unspecified atom stereocenters. The molecule has 18 heavy (non-hydrogen) atoms. The standard InChI is InChI=1S/C14H18O4/c1-10(4-2-3-5-13(16)17)14(18)11-6-8-12(15)9-7-11/h3,5-10,14-15,18H,2,4H2,1H3,(H,16,17)/b5-3+/t10-,14+/m0/s1. The average molecular weight is 250 g/mol. The predicted molar refractivity (Wildman–Crippen MR) is 68.2 cm³/mol. The zero-order valence-electron chi connectivity index (χ0n) is 10.3. The predicted octanol–water partition coefficient (Wildman–Crippen LogP) is 2.48. The molecule has 0 aliphatic rings. The second-order valence-corrected chi connectivity index (χ2v) is 4.33. The van der Waals surface area contributed by atoms with Crippen LogP contribution >= 0.6 is 0 Å². The van der Waals surface area contributed by atoms with Crippen LogP contribution < -0.4 is 0 Å². The zero-order chi connectivity index (χ0) is 13.5. The molecule has 0 spiro atoms. The molecule has 0 aliphatic heterocycles. The lowest BCUT2D eigenvalue weighted by Gasteiger charge is -2.18. The van der Waals surface area contributed by atoms with Crippen LogP contribution in [0.4, 0.5) is 0 Å². The van der Waals surface area contributed by atoms with E-state index in [1.165, 1.54) is 12.1 Å². The van der Waals surface area contributed by atoms with Gasteiger partial charge in [0.25, 0.3) is 0 Å². The first-order valence-electron chi connectivity index (χ1n) is 5.87. The number of phenolic OH excluding ortho intramolecular Hbond substituents is 1. The van der Waals surface area contributed by atoms with E-state index in [1.54, 1.807) is 18.2 Å². The monoisotopic (exact) mass is 250 g/mol. The number of carboxylic acids is 1. The molecular formula is C14H18O4. The zero-order valence-corrected chi connectivity index (χ0v) is 10.3. The van der Waals surface area contributed by atoms with Crippen LogP contribution in [0.15, 0.2) is 36.4 Å². The molecule has 0 aliphatic carbocycles.